The van der Waals surface area contributed by atoms with Crippen LogP contribution in [0.1, 0.15) is 5.56 Å². The van der Waals surface area contributed by atoms with E-state index in [9.17, 15) is 18.7 Å². The molecule has 2 rings (SSSR count). The van der Waals surface area contributed by atoms with Gasteiger partial charge >= 0.3 is 0 Å². The van der Waals surface area contributed by atoms with E-state index in [0.29, 0.717) is 11.3 Å². The Bertz CT molecular complexity index is 705. The lowest BCUT2D eigenvalue weighted by atomic mass is 10.2. The number of ether oxygens (including phenoxy) is 1. The molecule has 0 aliphatic heterocycles. The molecule has 0 aromatic heterocycles. The molecular weight excluding hydrogens is 297 g/mol. The predicted molar refractivity (Wildman–Crippen MR) is 76.2 cm³/mol. The number of nitrogens with zero attached hydrogens (tertiary/aromatic N) is 1. The summed E-state index contributed by atoms with van der Waals surface area (Å²) < 4.78 is 30.9. The standard InChI is InChI=1S/C14H12FNO4S/c1-20-13-7-6-11(16(17)18)8-10(13)9-21(19)14-5-3-2-4-12(14)15/h2-8H,9H2,1H3. The van der Waals surface area contributed by atoms with Crippen molar-refractivity contribution in [3.05, 3.63) is 64.0 Å². The van der Waals surface area contributed by atoms with E-state index >= 15 is 0 Å². The molecule has 1 atom stereocenters. The molecule has 0 saturated carbocycles. The molecule has 0 fully saturated rings. The van der Waals surface area contributed by atoms with E-state index in [4.69, 9.17) is 4.74 Å². The fraction of sp³-hybridized carbons (Fsp3) is 0.143. The molecule has 0 spiro atoms. The van der Waals surface area contributed by atoms with E-state index in [1.165, 1.54) is 43.5 Å². The van der Waals surface area contributed by atoms with Crippen molar-refractivity contribution >= 4 is 16.5 Å². The number of nitro benzene ring substituents is 1. The van der Waals surface area contributed by atoms with Crippen LogP contribution in [0.5, 0.6) is 5.75 Å². The smallest absolute Gasteiger partial charge is 0.270 e. The van der Waals surface area contributed by atoms with Crippen molar-refractivity contribution in [1.82, 2.24) is 0 Å². The van der Waals surface area contributed by atoms with Crippen LogP contribution in [0, 0.1) is 15.9 Å². The summed E-state index contributed by atoms with van der Waals surface area (Å²) in [5.41, 5.74) is 0.268. The van der Waals surface area contributed by atoms with Crippen LogP contribution in [-0.2, 0) is 16.6 Å². The summed E-state index contributed by atoms with van der Waals surface area (Å²) in [6.07, 6.45) is 0. The minimum absolute atomic E-state index is 0.0612. The summed E-state index contributed by atoms with van der Waals surface area (Å²) in [5.74, 6) is -0.253. The zero-order chi connectivity index (χ0) is 15.4. The van der Waals surface area contributed by atoms with Crippen molar-refractivity contribution in [1.29, 1.82) is 0 Å². The lowest BCUT2D eigenvalue weighted by Crippen LogP contribution is -2.02. The summed E-state index contributed by atoms with van der Waals surface area (Å²) in [4.78, 5) is 10.3. The molecule has 0 aliphatic carbocycles. The number of methoxy groups -OCH3 is 1. The molecule has 7 heteroatoms. The normalized spacial score (nSPS) is 11.9. The highest BCUT2D eigenvalue weighted by molar-refractivity contribution is 7.84. The highest BCUT2D eigenvalue weighted by Gasteiger charge is 2.16. The fourth-order valence-corrected chi connectivity index (χ4v) is 3.02. The highest BCUT2D eigenvalue weighted by Crippen LogP contribution is 2.27. The fourth-order valence-electron chi connectivity index (χ4n) is 1.84. The van der Waals surface area contributed by atoms with Gasteiger partial charge in [-0.05, 0) is 18.2 Å². The minimum atomic E-state index is -1.66. The third-order valence-corrected chi connectivity index (χ3v) is 4.24. The zero-order valence-corrected chi connectivity index (χ0v) is 11.9. The van der Waals surface area contributed by atoms with Gasteiger partial charge in [-0.15, -0.1) is 0 Å². The zero-order valence-electron chi connectivity index (χ0n) is 11.1. The molecule has 0 radical (unpaired) electrons. The van der Waals surface area contributed by atoms with Crippen molar-refractivity contribution in [3.8, 4) is 5.75 Å². The molecule has 1 unspecified atom stereocenters. The molecule has 2 aromatic rings. The van der Waals surface area contributed by atoms with Crippen LogP contribution < -0.4 is 4.74 Å². The second-order valence-corrected chi connectivity index (χ2v) is 5.59. The van der Waals surface area contributed by atoms with Crippen LogP contribution in [-0.4, -0.2) is 16.2 Å². The number of rotatable bonds is 5. The van der Waals surface area contributed by atoms with Crippen molar-refractivity contribution in [2.75, 3.05) is 7.11 Å². The molecule has 0 bridgehead atoms. The molecular formula is C14H12FNO4S. The number of non-ortho nitro benzene ring substituents is 1. The average molecular weight is 309 g/mol. The summed E-state index contributed by atoms with van der Waals surface area (Å²) >= 11 is 0. The molecule has 0 aliphatic rings. The van der Waals surface area contributed by atoms with Crippen molar-refractivity contribution in [2.24, 2.45) is 0 Å². The van der Waals surface area contributed by atoms with E-state index in [2.05, 4.69) is 0 Å². The molecule has 2 aromatic carbocycles. The number of hydrogen-bond acceptors (Lipinski definition) is 4. The third-order valence-electron chi connectivity index (χ3n) is 2.84. The summed E-state index contributed by atoms with van der Waals surface area (Å²) in [6.45, 7) is 0. The van der Waals surface area contributed by atoms with E-state index in [-0.39, 0.29) is 16.3 Å². The monoisotopic (exact) mass is 309 g/mol. The Kier molecular flexibility index (Phi) is 4.64. The van der Waals surface area contributed by atoms with E-state index in [1.807, 2.05) is 0 Å². The average Bonchev–Trinajstić information content (AvgIpc) is 2.47. The Morgan fingerprint density at radius 2 is 2.00 bits per heavy atom. The second-order valence-electron chi connectivity index (χ2n) is 4.17. The van der Waals surface area contributed by atoms with Crippen molar-refractivity contribution in [3.63, 3.8) is 0 Å². The van der Waals surface area contributed by atoms with Crippen LogP contribution in [0.15, 0.2) is 47.4 Å². The second kappa shape index (κ2) is 6.45. The Balaban J connectivity index is 2.34. The number of halogens is 1. The maximum absolute atomic E-state index is 13.6. The maximum Gasteiger partial charge on any atom is 0.270 e. The Hall–Kier alpha value is -2.28. The first-order chi connectivity index (χ1) is 10.0. The molecule has 5 nitrogen and oxygen atoms in total. The van der Waals surface area contributed by atoms with E-state index < -0.39 is 21.5 Å². The van der Waals surface area contributed by atoms with Gasteiger partial charge in [-0.3, -0.25) is 14.3 Å². The first-order valence-corrected chi connectivity index (χ1v) is 7.29. The summed E-state index contributed by atoms with van der Waals surface area (Å²) in [5, 5.41) is 10.8. The molecule has 0 saturated heterocycles. The maximum atomic E-state index is 13.6. The van der Waals surface area contributed by atoms with E-state index in [0.717, 1.165) is 0 Å². The lowest BCUT2D eigenvalue weighted by Gasteiger charge is -2.08. The molecule has 0 heterocycles. The lowest BCUT2D eigenvalue weighted by molar-refractivity contribution is -0.384. The molecule has 110 valence electrons. The Labute approximate surface area is 123 Å². The van der Waals surface area contributed by atoms with Gasteiger partial charge in [0.25, 0.3) is 5.69 Å². The van der Waals surface area contributed by atoms with Gasteiger partial charge in [-0.2, -0.15) is 0 Å². The number of nitro groups is 1. The highest BCUT2D eigenvalue weighted by atomic mass is 32.2. The van der Waals surface area contributed by atoms with Crippen LogP contribution in [0.4, 0.5) is 10.1 Å². The van der Waals surface area contributed by atoms with Crippen LogP contribution in [0.2, 0.25) is 0 Å². The van der Waals surface area contributed by atoms with Gasteiger partial charge in [0.05, 0.1) is 33.5 Å². The van der Waals surface area contributed by atoms with Gasteiger partial charge in [0.15, 0.2) is 0 Å². The predicted octanol–water partition coefficient (Wildman–Crippen LogP) is 3.05. The van der Waals surface area contributed by atoms with Gasteiger partial charge in [0, 0.05) is 17.7 Å². The van der Waals surface area contributed by atoms with Crippen LogP contribution in [0.25, 0.3) is 0 Å². The summed E-state index contributed by atoms with van der Waals surface area (Å²) in [6, 6.07) is 9.76. The SMILES string of the molecule is COc1ccc([N+](=O)[O-])cc1CS(=O)c1ccccc1F. The first kappa shape index (κ1) is 15.1. The van der Waals surface area contributed by atoms with Crippen LogP contribution in [0.3, 0.4) is 0 Å². The van der Waals surface area contributed by atoms with Crippen molar-refractivity contribution in [2.45, 2.75) is 10.6 Å². The topological polar surface area (TPSA) is 69.4 Å². The quantitative estimate of drug-likeness (QED) is 0.629. The van der Waals surface area contributed by atoms with E-state index in [1.54, 1.807) is 6.07 Å². The van der Waals surface area contributed by atoms with Crippen molar-refractivity contribution < 1.29 is 18.3 Å². The third kappa shape index (κ3) is 3.43. The largest absolute Gasteiger partial charge is 0.496 e. The van der Waals surface area contributed by atoms with Gasteiger partial charge in [-0.1, -0.05) is 12.1 Å². The van der Waals surface area contributed by atoms with Gasteiger partial charge < -0.3 is 4.74 Å². The van der Waals surface area contributed by atoms with Gasteiger partial charge in [0.2, 0.25) is 0 Å². The molecule has 21 heavy (non-hydrogen) atoms. The Morgan fingerprint density at radius 1 is 1.29 bits per heavy atom. The number of benzene rings is 2. The first-order valence-electron chi connectivity index (χ1n) is 5.97. The van der Waals surface area contributed by atoms with Crippen LogP contribution >= 0.6 is 0 Å². The Morgan fingerprint density at radius 3 is 2.62 bits per heavy atom. The van der Waals surface area contributed by atoms with Gasteiger partial charge in [-0.25, -0.2) is 4.39 Å². The summed E-state index contributed by atoms with van der Waals surface area (Å²) in [7, 11) is -0.244. The number of hydrogen-bond donors (Lipinski definition) is 0. The molecule has 0 amide bonds. The minimum Gasteiger partial charge on any atom is -0.496 e. The van der Waals surface area contributed by atoms with Gasteiger partial charge in [0.1, 0.15) is 11.6 Å². The molecule has 0 N–H and O–H groups in total.